The molecule has 0 aliphatic carbocycles. The number of piperidine rings is 1. The third-order valence-corrected chi connectivity index (χ3v) is 4.40. The quantitative estimate of drug-likeness (QED) is 0.733. The molecule has 0 spiro atoms. The predicted octanol–water partition coefficient (Wildman–Crippen LogP) is -0.652. The van der Waals surface area contributed by atoms with Gasteiger partial charge in [0.15, 0.2) is 5.60 Å². The Morgan fingerprint density at radius 2 is 1.76 bits per heavy atom. The maximum atomic E-state index is 12.6. The highest BCUT2D eigenvalue weighted by Gasteiger charge is 2.41. The van der Waals surface area contributed by atoms with Gasteiger partial charge in [0.25, 0.3) is 5.91 Å². The number of ether oxygens (including phenoxy) is 1. The molecule has 1 atom stereocenters. The Balaban J connectivity index is 1.95. The lowest BCUT2D eigenvalue weighted by Crippen LogP contribution is -2.59. The lowest BCUT2D eigenvalue weighted by atomic mass is 9.94. The first-order chi connectivity index (χ1) is 9.83. The van der Waals surface area contributed by atoms with Crippen LogP contribution >= 0.6 is 0 Å². The molecule has 2 N–H and O–H groups in total. The van der Waals surface area contributed by atoms with Gasteiger partial charge in [-0.2, -0.15) is 0 Å². The van der Waals surface area contributed by atoms with Crippen LogP contribution in [0.4, 0.5) is 0 Å². The minimum absolute atomic E-state index is 0.0361. The number of likely N-dealkylation sites (tertiary alicyclic amines) is 1. The largest absolute Gasteiger partial charge is 0.367 e. The molecule has 2 aliphatic rings. The molecule has 0 aromatic rings. The molecule has 2 heterocycles. The van der Waals surface area contributed by atoms with E-state index in [2.05, 4.69) is 0 Å². The summed E-state index contributed by atoms with van der Waals surface area (Å²) in [6, 6.07) is 0. The smallest absolute Gasteiger partial charge is 0.251 e. The summed E-state index contributed by atoms with van der Waals surface area (Å²) in [5.74, 6) is -0.551. The summed E-state index contributed by atoms with van der Waals surface area (Å²) in [5.41, 5.74) is 4.24. The molecule has 2 saturated heterocycles. The summed E-state index contributed by atoms with van der Waals surface area (Å²) in [5, 5.41) is 0. The van der Waals surface area contributed by atoms with E-state index in [1.807, 2.05) is 0 Å². The Kier molecular flexibility index (Phi) is 4.51. The van der Waals surface area contributed by atoms with Crippen LogP contribution in [0, 0.1) is 5.92 Å². The van der Waals surface area contributed by atoms with Gasteiger partial charge in [-0.3, -0.25) is 14.4 Å². The summed E-state index contributed by atoms with van der Waals surface area (Å²) in [7, 11) is 0. The standard InChI is InChI=1S/C14H23N3O4/c1-10(18)16-5-3-11(4-6-16)12(19)17-7-8-21-14(2,9-17)13(15)20/h11H,3-9H2,1-2H3,(H2,15,20)/t14-/m1/s1. The molecule has 0 saturated carbocycles. The highest BCUT2D eigenvalue weighted by Crippen LogP contribution is 2.23. The van der Waals surface area contributed by atoms with Crippen LogP contribution in [0.1, 0.15) is 26.7 Å². The van der Waals surface area contributed by atoms with E-state index in [9.17, 15) is 14.4 Å². The molecule has 7 nitrogen and oxygen atoms in total. The first-order valence-electron chi connectivity index (χ1n) is 7.31. The fourth-order valence-corrected chi connectivity index (χ4v) is 2.91. The molecule has 2 fully saturated rings. The minimum atomic E-state index is -1.10. The van der Waals surface area contributed by atoms with Crippen molar-refractivity contribution in [2.24, 2.45) is 11.7 Å². The molecule has 118 valence electrons. The zero-order valence-corrected chi connectivity index (χ0v) is 12.6. The summed E-state index contributed by atoms with van der Waals surface area (Å²) in [6.07, 6.45) is 1.34. The van der Waals surface area contributed by atoms with E-state index < -0.39 is 11.5 Å². The lowest BCUT2D eigenvalue weighted by Gasteiger charge is -2.40. The molecular formula is C14H23N3O4. The topological polar surface area (TPSA) is 92.9 Å². The molecule has 2 rings (SSSR count). The third kappa shape index (κ3) is 3.34. The van der Waals surface area contributed by atoms with Crippen molar-refractivity contribution in [1.29, 1.82) is 0 Å². The predicted molar refractivity (Wildman–Crippen MR) is 75.1 cm³/mol. The number of carbonyl (C=O) groups is 3. The van der Waals surface area contributed by atoms with Gasteiger partial charge in [-0.05, 0) is 19.8 Å². The van der Waals surface area contributed by atoms with Crippen molar-refractivity contribution in [3.8, 4) is 0 Å². The highest BCUT2D eigenvalue weighted by atomic mass is 16.5. The molecule has 0 bridgehead atoms. The van der Waals surface area contributed by atoms with Crippen LogP contribution in [-0.4, -0.2) is 65.9 Å². The van der Waals surface area contributed by atoms with E-state index in [0.717, 1.165) is 0 Å². The summed E-state index contributed by atoms with van der Waals surface area (Å²) in [6.45, 7) is 5.39. The number of carbonyl (C=O) groups excluding carboxylic acids is 3. The van der Waals surface area contributed by atoms with Crippen molar-refractivity contribution in [3.63, 3.8) is 0 Å². The summed E-state index contributed by atoms with van der Waals surface area (Å²) >= 11 is 0. The summed E-state index contributed by atoms with van der Waals surface area (Å²) in [4.78, 5) is 38.7. The fourth-order valence-electron chi connectivity index (χ4n) is 2.91. The number of nitrogens with two attached hydrogens (primary N) is 1. The third-order valence-electron chi connectivity index (χ3n) is 4.40. The molecular weight excluding hydrogens is 274 g/mol. The van der Waals surface area contributed by atoms with Crippen LogP contribution in [0.25, 0.3) is 0 Å². The van der Waals surface area contributed by atoms with Crippen LogP contribution in [-0.2, 0) is 19.1 Å². The molecule has 0 unspecified atom stereocenters. The average molecular weight is 297 g/mol. The Labute approximate surface area is 124 Å². The maximum absolute atomic E-state index is 12.6. The van der Waals surface area contributed by atoms with Crippen molar-refractivity contribution in [2.45, 2.75) is 32.3 Å². The normalized spacial score (nSPS) is 27.5. The minimum Gasteiger partial charge on any atom is -0.367 e. The lowest BCUT2D eigenvalue weighted by molar-refractivity contribution is -0.163. The van der Waals surface area contributed by atoms with Crippen LogP contribution in [0.15, 0.2) is 0 Å². The van der Waals surface area contributed by atoms with E-state index >= 15 is 0 Å². The van der Waals surface area contributed by atoms with Crippen molar-refractivity contribution in [1.82, 2.24) is 9.80 Å². The number of amides is 3. The van der Waals surface area contributed by atoms with E-state index in [0.29, 0.717) is 39.1 Å². The molecule has 0 radical (unpaired) electrons. The first-order valence-corrected chi connectivity index (χ1v) is 7.31. The van der Waals surface area contributed by atoms with Gasteiger partial charge in [-0.15, -0.1) is 0 Å². The molecule has 21 heavy (non-hydrogen) atoms. The van der Waals surface area contributed by atoms with Crippen molar-refractivity contribution >= 4 is 17.7 Å². The highest BCUT2D eigenvalue weighted by molar-refractivity contribution is 5.85. The Hall–Kier alpha value is -1.63. The van der Waals surface area contributed by atoms with E-state index in [-0.39, 0.29) is 24.3 Å². The molecule has 3 amide bonds. The molecule has 7 heteroatoms. The second kappa shape index (κ2) is 6.01. The van der Waals surface area contributed by atoms with Crippen LogP contribution in [0.5, 0.6) is 0 Å². The van der Waals surface area contributed by atoms with E-state index in [1.54, 1.807) is 23.6 Å². The van der Waals surface area contributed by atoms with Crippen LogP contribution < -0.4 is 5.73 Å². The zero-order valence-electron chi connectivity index (χ0n) is 12.6. The SMILES string of the molecule is CC(=O)N1CCC(C(=O)N2CCO[C@@](C)(C(N)=O)C2)CC1. The van der Waals surface area contributed by atoms with Gasteiger partial charge in [0.05, 0.1) is 13.2 Å². The number of nitrogens with zero attached hydrogens (tertiary/aromatic N) is 2. The first kappa shape index (κ1) is 15.8. The zero-order chi connectivity index (χ0) is 15.6. The molecule has 2 aliphatic heterocycles. The maximum Gasteiger partial charge on any atom is 0.251 e. The monoisotopic (exact) mass is 297 g/mol. The van der Waals surface area contributed by atoms with Crippen molar-refractivity contribution in [2.75, 3.05) is 32.8 Å². The second-order valence-corrected chi connectivity index (χ2v) is 5.98. The Morgan fingerprint density at radius 3 is 2.29 bits per heavy atom. The van der Waals surface area contributed by atoms with Gasteiger partial charge in [-0.1, -0.05) is 0 Å². The molecule has 0 aromatic carbocycles. The fraction of sp³-hybridized carbons (Fsp3) is 0.786. The number of hydrogen-bond acceptors (Lipinski definition) is 4. The number of rotatable bonds is 2. The van der Waals surface area contributed by atoms with Crippen molar-refractivity contribution in [3.05, 3.63) is 0 Å². The Morgan fingerprint density at radius 1 is 1.14 bits per heavy atom. The second-order valence-electron chi connectivity index (χ2n) is 5.98. The number of hydrogen-bond donors (Lipinski definition) is 1. The number of primary amides is 1. The van der Waals surface area contributed by atoms with Gasteiger partial charge in [-0.25, -0.2) is 0 Å². The van der Waals surface area contributed by atoms with Gasteiger partial charge in [0.2, 0.25) is 11.8 Å². The Bertz CT molecular complexity index is 446. The number of morpholine rings is 1. The van der Waals surface area contributed by atoms with E-state index in [4.69, 9.17) is 10.5 Å². The van der Waals surface area contributed by atoms with Crippen LogP contribution in [0.3, 0.4) is 0 Å². The van der Waals surface area contributed by atoms with Gasteiger partial charge in [0.1, 0.15) is 0 Å². The van der Waals surface area contributed by atoms with Crippen LogP contribution in [0.2, 0.25) is 0 Å². The average Bonchev–Trinajstić information content (AvgIpc) is 2.46. The molecule has 0 aromatic heterocycles. The van der Waals surface area contributed by atoms with E-state index in [1.165, 1.54) is 0 Å². The van der Waals surface area contributed by atoms with Gasteiger partial charge in [0, 0.05) is 32.5 Å². The van der Waals surface area contributed by atoms with Gasteiger partial charge >= 0.3 is 0 Å². The summed E-state index contributed by atoms with van der Waals surface area (Å²) < 4.78 is 5.42. The van der Waals surface area contributed by atoms with Crippen molar-refractivity contribution < 1.29 is 19.1 Å². The van der Waals surface area contributed by atoms with Gasteiger partial charge < -0.3 is 20.3 Å².